The first kappa shape index (κ1) is 19.0. The molecule has 0 aromatic carbocycles. The van der Waals surface area contributed by atoms with Gasteiger partial charge in [0.15, 0.2) is 0 Å². The first-order chi connectivity index (χ1) is 10.6. The highest BCUT2D eigenvalue weighted by Crippen LogP contribution is 2.52. The van der Waals surface area contributed by atoms with E-state index < -0.39 is 0 Å². The summed E-state index contributed by atoms with van der Waals surface area (Å²) in [5.41, 5.74) is 1.63. The summed E-state index contributed by atoms with van der Waals surface area (Å²) in [6, 6.07) is 0. The van der Waals surface area contributed by atoms with E-state index in [9.17, 15) is 0 Å². The zero-order chi connectivity index (χ0) is 16.4. The summed E-state index contributed by atoms with van der Waals surface area (Å²) in [7, 11) is 1.98. The average Bonchev–Trinajstić information content (AvgIpc) is 2.70. The van der Waals surface area contributed by atoms with Gasteiger partial charge in [-0.05, 0) is 57.9 Å². The van der Waals surface area contributed by atoms with Crippen molar-refractivity contribution in [2.24, 2.45) is 17.3 Å². The van der Waals surface area contributed by atoms with E-state index in [1.807, 2.05) is 7.05 Å². The molecule has 0 bridgehead atoms. The highest BCUT2D eigenvalue weighted by molar-refractivity contribution is 5.26. The Balaban J connectivity index is 2.36. The number of hydrogen-bond donors (Lipinski definition) is 1. The lowest BCUT2D eigenvalue weighted by Gasteiger charge is -2.29. The molecule has 22 heavy (non-hydrogen) atoms. The Morgan fingerprint density at radius 2 is 1.82 bits per heavy atom. The Morgan fingerprint density at radius 1 is 1.18 bits per heavy atom. The van der Waals surface area contributed by atoms with Gasteiger partial charge < -0.3 is 5.32 Å². The van der Waals surface area contributed by atoms with Gasteiger partial charge in [-0.2, -0.15) is 0 Å². The van der Waals surface area contributed by atoms with Crippen molar-refractivity contribution >= 4 is 0 Å². The number of hydrogen-bond acceptors (Lipinski definition) is 1. The van der Waals surface area contributed by atoms with Crippen LogP contribution in [0.2, 0.25) is 0 Å². The second-order valence-electron chi connectivity index (χ2n) is 6.80. The largest absolute Gasteiger partial charge is 0.316 e. The fraction of sp³-hybridized carbons (Fsp3) is 0.619. The highest BCUT2D eigenvalue weighted by atomic mass is 14.8. The van der Waals surface area contributed by atoms with Gasteiger partial charge in [0.25, 0.3) is 0 Å². The molecule has 0 radical (unpaired) electrons. The number of rotatable bonds is 9. The molecule has 0 aromatic rings. The Hall–Kier alpha value is -1.08. The highest BCUT2D eigenvalue weighted by Gasteiger charge is 2.42. The van der Waals surface area contributed by atoms with Crippen molar-refractivity contribution in [2.45, 2.75) is 52.9 Å². The van der Waals surface area contributed by atoms with Crippen molar-refractivity contribution in [3.05, 3.63) is 48.6 Å². The van der Waals surface area contributed by atoms with Crippen molar-refractivity contribution in [3.63, 3.8) is 0 Å². The smallest absolute Gasteiger partial charge is 0.0131 e. The van der Waals surface area contributed by atoms with Crippen LogP contribution in [0.25, 0.3) is 0 Å². The van der Waals surface area contributed by atoms with Gasteiger partial charge in [0.2, 0.25) is 0 Å². The molecule has 0 aliphatic heterocycles. The molecule has 0 spiro atoms. The number of likely N-dealkylation sites (N-methyl/N-ethyl adjacent to an activating group) is 1. The monoisotopic (exact) mass is 301 g/mol. The van der Waals surface area contributed by atoms with Gasteiger partial charge >= 0.3 is 0 Å². The van der Waals surface area contributed by atoms with Gasteiger partial charge in [-0.15, -0.1) is 0 Å². The fourth-order valence-electron chi connectivity index (χ4n) is 3.66. The standard InChI is InChI=1S/C21H35N/c1-6-15-21(4)19(3)18(2)17-20(21)14-12-10-8-7-9-11-13-16-22-5/h6,8,10-11,13,15,18,20,22H,3,7,9,12,14,16-17H2,1-2,4-5H3/b10-8+,13-11+,15-6-/t18?,20?,21-/m0/s1. The molecule has 124 valence electrons. The van der Waals surface area contributed by atoms with Crippen LogP contribution in [0.4, 0.5) is 0 Å². The van der Waals surface area contributed by atoms with Gasteiger partial charge in [0.1, 0.15) is 0 Å². The van der Waals surface area contributed by atoms with Crippen LogP contribution in [0.3, 0.4) is 0 Å². The molecule has 2 unspecified atom stereocenters. The Morgan fingerprint density at radius 3 is 2.45 bits per heavy atom. The lowest BCUT2D eigenvalue weighted by Crippen LogP contribution is -2.20. The van der Waals surface area contributed by atoms with Crippen LogP contribution < -0.4 is 5.32 Å². The van der Waals surface area contributed by atoms with Crippen LogP contribution in [-0.2, 0) is 0 Å². The molecule has 3 atom stereocenters. The number of allylic oxidation sites excluding steroid dienone is 6. The summed E-state index contributed by atoms with van der Waals surface area (Å²) in [4.78, 5) is 0. The van der Waals surface area contributed by atoms with E-state index in [0.717, 1.165) is 25.3 Å². The molecule has 1 saturated carbocycles. The third kappa shape index (κ3) is 5.28. The molecule has 0 amide bonds. The molecule has 1 rings (SSSR count). The first-order valence-corrected chi connectivity index (χ1v) is 8.84. The Kier molecular flexibility index (Phi) is 8.48. The Bertz CT molecular complexity index is 416. The van der Waals surface area contributed by atoms with E-state index in [2.05, 4.69) is 69.1 Å². The van der Waals surface area contributed by atoms with Crippen LogP contribution in [-0.4, -0.2) is 13.6 Å². The van der Waals surface area contributed by atoms with Crippen molar-refractivity contribution < 1.29 is 0 Å². The van der Waals surface area contributed by atoms with Crippen LogP contribution >= 0.6 is 0 Å². The zero-order valence-corrected chi connectivity index (χ0v) is 15.1. The summed E-state index contributed by atoms with van der Waals surface area (Å²) in [5.74, 6) is 1.40. The fourth-order valence-corrected chi connectivity index (χ4v) is 3.66. The maximum atomic E-state index is 4.37. The molecule has 1 aliphatic rings. The van der Waals surface area contributed by atoms with Gasteiger partial charge in [-0.3, -0.25) is 0 Å². The summed E-state index contributed by atoms with van der Waals surface area (Å²) >= 11 is 0. The predicted octanol–water partition coefficient (Wildman–Crippen LogP) is 5.67. The molecule has 1 heteroatoms. The maximum Gasteiger partial charge on any atom is 0.0131 e. The van der Waals surface area contributed by atoms with E-state index in [-0.39, 0.29) is 5.41 Å². The summed E-state index contributed by atoms with van der Waals surface area (Å²) in [5, 5.41) is 3.12. The summed E-state index contributed by atoms with van der Waals surface area (Å²) in [6.07, 6.45) is 19.8. The first-order valence-electron chi connectivity index (χ1n) is 8.84. The Labute approximate surface area is 138 Å². The maximum absolute atomic E-state index is 4.37. The minimum absolute atomic E-state index is 0.206. The molecule has 0 aromatic heterocycles. The van der Waals surface area contributed by atoms with E-state index in [1.54, 1.807) is 0 Å². The molecule has 0 saturated heterocycles. The molecule has 1 N–H and O–H groups in total. The van der Waals surface area contributed by atoms with E-state index in [0.29, 0.717) is 5.92 Å². The molecule has 1 fully saturated rings. The molecule has 1 aliphatic carbocycles. The second kappa shape index (κ2) is 9.84. The van der Waals surface area contributed by atoms with Crippen LogP contribution in [0.15, 0.2) is 48.6 Å². The van der Waals surface area contributed by atoms with Crippen LogP contribution in [0.1, 0.15) is 52.9 Å². The van der Waals surface area contributed by atoms with Crippen LogP contribution in [0.5, 0.6) is 0 Å². The van der Waals surface area contributed by atoms with Gasteiger partial charge in [-0.1, -0.05) is 62.5 Å². The second-order valence-corrected chi connectivity index (χ2v) is 6.80. The zero-order valence-electron chi connectivity index (χ0n) is 15.1. The van der Waals surface area contributed by atoms with Crippen molar-refractivity contribution in [3.8, 4) is 0 Å². The van der Waals surface area contributed by atoms with E-state index in [1.165, 1.54) is 24.8 Å². The molecular formula is C21H35N. The number of nitrogens with one attached hydrogen (secondary N) is 1. The average molecular weight is 302 g/mol. The number of unbranched alkanes of at least 4 members (excludes halogenated alkanes) is 1. The predicted molar refractivity (Wildman–Crippen MR) is 100 cm³/mol. The van der Waals surface area contributed by atoms with E-state index >= 15 is 0 Å². The molecule has 1 nitrogen and oxygen atoms in total. The minimum atomic E-state index is 0.206. The third-order valence-corrected chi connectivity index (χ3v) is 5.12. The van der Waals surface area contributed by atoms with Crippen molar-refractivity contribution in [2.75, 3.05) is 13.6 Å². The van der Waals surface area contributed by atoms with Crippen molar-refractivity contribution in [1.29, 1.82) is 0 Å². The molecule has 0 heterocycles. The van der Waals surface area contributed by atoms with E-state index in [4.69, 9.17) is 0 Å². The molecular weight excluding hydrogens is 266 g/mol. The van der Waals surface area contributed by atoms with Gasteiger partial charge in [-0.25, -0.2) is 0 Å². The lowest BCUT2D eigenvalue weighted by atomic mass is 9.75. The van der Waals surface area contributed by atoms with Crippen LogP contribution in [0, 0.1) is 17.3 Å². The topological polar surface area (TPSA) is 12.0 Å². The quantitative estimate of drug-likeness (QED) is 0.427. The van der Waals surface area contributed by atoms with Crippen molar-refractivity contribution in [1.82, 2.24) is 5.32 Å². The SMILES string of the molecule is C=C1C(C)CC(CC/C=C/CC/C=C/CNC)[C@@]1(C)/C=C\C. The summed E-state index contributed by atoms with van der Waals surface area (Å²) < 4.78 is 0. The summed E-state index contributed by atoms with van der Waals surface area (Å²) in [6.45, 7) is 12.2. The third-order valence-electron chi connectivity index (χ3n) is 5.12. The lowest BCUT2D eigenvalue weighted by molar-refractivity contribution is 0.327. The van der Waals surface area contributed by atoms with Gasteiger partial charge in [0, 0.05) is 12.0 Å². The minimum Gasteiger partial charge on any atom is -0.316 e. The van der Waals surface area contributed by atoms with Gasteiger partial charge in [0.05, 0.1) is 0 Å². The normalized spacial score (nSPS) is 29.5.